The highest BCUT2D eigenvalue weighted by atomic mass is 16.4. The summed E-state index contributed by atoms with van der Waals surface area (Å²) in [5.41, 5.74) is 0.180. The second-order valence-corrected chi connectivity index (χ2v) is 3.32. The summed E-state index contributed by atoms with van der Waals surface area (Å²) in [6, 6.07) is 1.29. The van der Waals surface area contributed by atoms with Crippen molar-refractivity contribution >= 4 is 11.9 Å². The van der Waals surface area contributed by atoms with Crippen molar-refractivity contribution in [2.24, 2.45) is 7.05 Å². The fourth-order valence-electron chi connectivity index (χ4n) is 1.44. The van der Waals surface area contributed by atoms with E-state index in [4.69, 9.17) is 5.11 Å². The van der Waals surface area contributed by atoms with Gasteiger partial charge in [0.05, 0.1) is 0 Å². The minimum atomic E-state index is -1.09. The second kappa shape index (κ2) is 4.78. The average Bonchev–Trinajstić information content (AvgIpc) is 2.62. The summed E-state index contributed by atoms with van der Waals surface area (Å²) >= 11 is 0. The molecule has 0 fully saturated rings. The molecule has 0 aromatic carbocycles. The standard InChI is InChI=1S/C10H15N3O3/c1-4-13(5-2)9(14)7-6-8(10(15)16)12(3)11-7/h6H,4-5H2,1-3H3,(H,15,16). The first kappa shape index (κ1) is 12.2. The fourth-order valence-corrected chi connectivity index (χ4v) is 1.44. The molecule has 0 saturated carbocycles. The van der Waals surface area contributed by atoms with E-state index in [1.807, 2.05) is 13.8 Å². The zero-order valence-electron chi connectivity index (χ0n) is 9.60. The molecular weight excluding hydrogens is 210 g/mol. The number of hydrogen-bond acceptors (Lipinski definition) is 3. The lowest BCUT2D eigenvalue weighted by atomic mass is 10.3. The molecule has 0 atom stereocenters. The van der Waals surface area contributed by atoms with Crippen LogP contribution in [-0.2, 0) is 7.05 Å². The van der Waals surface area contributed by atoms with Gasteiger partial charge in [0.2, 0.25) is 0 Å². The molecule has 1 heterocycles. The molecule has 1 amide bonds. The number of hydrogen-bond donors (Lipinski definition) is 1. The van der Waals surface area contributed by atoms with E-state index in [-0.39, 0.29) is 17.3 Å². The minimum absolute atomic E-state index is 0.00973. The molecule has 1 aromatic heterocycles. The van der Waals surface area contributed by atoms with Gasteiger partial charge in [-0.2, -0.15) is 5.10 Å². The Hall–Kier alpha value is -1.85. The van der Waals surface area contributed by atoms with Crippen LogP contribution in [0.4, 0.5) is 0 Å². The first-order valence-corrected chi connectivity index (χ1v) is 5.07. The second-order valence-electron chi connectivity index (χ2n) is 3.32. The molecule has 0 unspecified atom stereocenters. The highest BCUT2D eigenvalue weighted by molar-refractivity contribution is 5.95. The maximum absolute atomic E-state index is 11.9. The topological polar surface area (TPSA) is 75.4 Å². The number of carbonyl (C=O) groups is 2. The molecule has 6 nitrogen and oxygen atoms in total. The van der Waals surface area contributed by atoms with Gasteiger partial charge in [-0.15, -0.1) is 0 Å². The van der Waals surface area contributed by atoms with Crippen molar-refractivity contribution in [3.63, 3.8) is 0 Å². The van der Waals surface area contributed by atoms with Gasteiger partial charge in [-0.05, 0) is 13.8 Å². The molecule has 0 aliphatic heterocycles. The van der Waals surface area contributed by atoms with Crippen LogP contribution in [0.5, 0.6) is 0 Å². The van der Waals surface area contributed by atoms with Crippen molar-refractivity contribution < 1.29 is 14.7 Å². The normalized spacial score (nSPS) is 10.2. The summed E-state index contributed by atoms with van der Waals surface area (Å²) in [6.45, 7) is 4.88. The summed E-state index contributed by atoms with van der Waals surface area (Å²) in [4.78, 5) is 24.2. The van der Waals surface area contributed by atoms with Crippen molar-refractivity contribution in [3.05, 3.63) is 17.5 Å². The van der Waals surface area contributed by atoms with Gasteiger partial charge < -0.3 is 10.0 Å². The lowest BCUT2D eigenvalue weighted by molar-refractivity contribution is 0.0684. The first-order chi connectivity index (χ1) is 7.51. The van der Waals surface area contributed by atoms with Gasteiger partial charge in [0.1, 0.15) is 5.69 Å². The third kappa shape index (κ3) is 2.21. The number of carboxylic acids is 1. The van der Waals surface area contributed by atoms with Gasteiger partial charge in [0.15, 0.2) is 5.69 Å². The van der Waals surface area contributed by atoms with E-state index in [2.05, 4.69) is 5.10 Å². The number of carbonyl (C=O) groups excluding carboxylic acids is 1. The molecule has 0 aliphatic carbocycles. The van der Waals surface area contributed by atoms with E-state index in [1.54, 1.807) is 4.90 Å². The SMILES string of the molecule is CCN(CC)C(=O)c1cc(C(=O)O)n(C)n1. The first-order valence-electron chi connectivity index (χ1n) is 5.07. The van der Waals surface area contributed by atoms with Crippen LogP contribution < -0.4 is 0 Å². The number of aromatic carboxylic acids is 1. The summed E-state index contributed by atoms with van der Waals surface area (Å²) in [7, 11) is 1.50. The predicted octanol–water partition coefficient (Wildman–Crippen LogP) is 0.600. The van der Waals surface area contributed by atoms with Crippen LogP contribution in [0.25, 0.3) is 0 Å². The molecule has 0 aliphatic rings. The Bertz CT molecular complexity index is 407. The lowest BCUT2D eigenvalue weighted by Gasteiger charge is -2.16. The smallest absolute Gasteiger partial charge is 0.354 e. The average molecular weight is 225 g/mol. The van der Waals surface area contributed by atoms with Crippen LogP contribution in [0.3, 0.4) is 0 Å². The van der Waals surface area contributed by atoms with E-state index in [9.17, 15) is 9.59 Å². The Morgan fingerprint density at radius 2 is 2.00 bits per heavy atom. The summed E-state index contributed by atoms with van der Waals surface area (Å²) in [5.74, 6) is -1.33. The van der Waals surface area contributed by atoms with Crippen LogP contribution in [-0.4, -0.2) is 44.8 Å². The van der Waals surface area contributed by atoms with Gasteiger partial charge in [-0.25, -0.2) is 4.79 Å². The van der Waals surface area contributed by atoms with Crippen molar-refractivity contribution in [1.82, 2.24) is 14.7 Å². The van der Waals surface area contributed by atoms with Crippen LogP contribution >= 0.6 is 0 Å². The van der Waals surface area contributed by atoms with Crippen molar-refractivity contribution in [3.8, 4) is 0 Å². The Kier molecular flexibility index (Phi) is 3.65. The molecule has 0 radical (unpaired) electrons. The van der Waals surface area contributed by atoms with Gasteiger partial charge in [0, 0.05) is 26.2 Å². The van der Waals surface area contributed by atoms with Crippen LogP contribution in [0.2, 0.25) is 0 Å². The van der Waals surface area contributed by atoms with Gasteiger partial charge >= 0.3 is 5.97 Å². The van der Waals surface area contributed by atoms with Gasteiger partial charge in [-0.1, -0.05) is 0 Å². The number of nitrogens with zero attached hydrogens (tertiary/aromatic N) is 3. The molecule has 0 saturated heterocycles. The molecule has 16 heavy (non-hydrogen) atoms. The van der Waals surface area contributed by atoms with Gasteiger partial charge in [0.25, 0.3) is 5.91 Å². The maximum atomic E-state index is 11.9. The van der Waals surface area contributed by atoms with Crippen molar-refractivity contribution in [2.75, 3.05) is 13.1 Å². The number of aromatic nitrogens is 2. The van der Waals surface area contributed by atoms with Crippen molar-refractivity contribution in [1.29, 1.82) is 0 Å². The number of rotatable bonds is 4. The Balaban J connectivity index is 3.01. The van der Waals surface area contributed by atoms with E-state index in [0.717, 1.165) is 0 Å². The molecule has 88 valence electrons. The Morgan fingerprint density at radius 3 is 2.38 bits per heavy atom. The molecule has 0 spiro atoms. The molecule has 1 rings (SSSR count). The van der Waals surface area contributed by atoms with E-state index < -0.39 is 5.97 Å². The van der Waals surface area contributed by atoms with E-state index in [1.165, 1.54) is 17.8 Å². The zero-order valence-corrected chi connectivity index (χ0v) is 9.60. The van der Waals surface area contributed by atoms with Crippen LogP contribution in [0.15, 0.2) is 6.07 Å². The summed E-state index contributed by atoms with van der Waals surface area (Å²) in [6.07, 6.45) is 0. The molecule has 0 bridgehead atoms. The largest absolute Gasteiger partial charge is 0.477 e. The summed E-state index contributed by atoms with van der Waals surface area (Å²) < 4.78 is 1.19. The highest BCUT2D eigenvalue weighted by Crippen LogP contribution is 2.06. The predicted molar refractivity (Wildman–Crippen MR) is 57.4 cm³/mol. The van der Waals surface area contributed by atoms with E-state index >= 15 is 0 Å². The van der Waals surface area contributed by atoms with Crippen LogP contribution in [0.1, 0.15) is 34.8 Å². The fraction of sp³-hybridized carbons (Fsp3) is 0.500. The quantitative estimate of drug-likeness (QED) is 0.814. The third-order valence-corrected chi connectivity index (χ3v) is 2.37. The summed E-state index contributed by atoms with van der Waals surface area (Å²) in [5, 5.41) is 12.7. The molecular formula is C10H15N3O3. The minimum Gasteiger partial charge on any atom is -0.477 e. The number of carboxylic acid groups (broad SMARTS) is 1. The third-order valence-electron chi connectivity index (χ3n) is 2.37. The maximum Gasteiger partial charge on any atom is 0.354 e. The van der Waals surface area contributed by atoms with Crippen molar-refractivity contribution in [2.45, 2.75) is 13.8 Å². The monoisotopic (exact) mass is 225 g/mol. The highest BCUT2D eigenvalue weighted by Gasteiger charge is 2.19. The molecule has 1 N–H and O–H groups in total. The molecule has 1 aromatic rings. The number of aryl methyl sites for hydroxylation is 1. The van der Waals surface area contributed by atoms with Gasteiger partial charge in [-0.3, -0.25) is 9.48 Å². The lowest BCUT2D eigenvalue weighted by Crippen LogP contribution is -2.30. The van der Waals surface area contributed by atoms with Crippen LogP contribution in [0, 0.1) is 0 Å². The Morgan fingerprint density at radius 1 is 1.44 bits per heavy atom. The molecule has 6 heteroatoms. The zero-order chi connectivity index (χ0) is 12.3. The number of amides is 1. The Labute approximate surface area is 93.5 Å². The van der Waals surface area contributed by atoms with E-state index in [0.29, 0.717) is 13.1 Å².